The number of nitrogens with zero attached hydrogens (tertiary/aromatic N) is 1. The molecule has 10 heteroatoms. The molecule has 0 saturated heterocycles. The molecule has 7 nitrogen and oxygen atoms in total. The second kappa shape index (κ2) is 12.7. The van der Waals surface area contributed by atoms with E-state index in [2.05, 4.69) is 5.32 Å². The van der Waals surface area contributed by atoms with Crippen LogP contribution in [0.4, 0.5) is 5.69 Å². The lowest BCUT2D eigenvalue weighted by Crippen LogP contribution is -2.41. The largest absolute Gasteiger partial charge is 0.497 e. The average molecular weight is 535 g/mol. The minimum absolute atomic E-state index is 0.0667. The summed E-state index contributed by atoms with van der Waals surface area (Å²) >= 11 is 7.56. The molecule has 0 bridgehead atoms. The standard InChI is InChI=1S/C25H27ClN2O5S2/c1-32-20-11-14-24(33-2)23(17-20)28(35(30,31)22-7-4-3-5-8-22)18-25(29)27-15-6-16-34-21-12-9-19(26)10-13-21/h3-5,7-14,17H,6,15-16,18H2,1-2H3,(H,27,29). The Morgan fingerprint density at radius 3 is 2.37 bits per heavy atom. The van der Waals surface area contributed by atoms with Crippen LogP contribution in [0.5, 0.6) is 11.5 Å². The number of rotatable bonds is 12. The van der Waals surface area contributed by atoms with Gasteiger partial charge in [0.05, 0.1) is 24.8 Å². The molecule has 0 spiro atoms. The number of hydrogen-bond acceptors (Lipinski definition) is 6. The van der Waals surface area contributed by atoms with Crippen LogP contribution in [-0.2, 0) is 14.8 Å². The number of methoxy groups -OCH3 is 2. The Kier molecular flexibility index (Phi) is 9.71. The Balaban J connectivity index is 1.72. The van der Waals surface area contributed by atoms with Gasteiger partial charge in [0.25, 0.3) is 10.0 Å². The van der Waals surface area contributed by atoms with E-state index in [4.69, 9.17) is 21.1 Å². The van der Waals surface area contributed by atoms with E-state index in [0.29, 0.717) is 29.5 Å². The highest BCUT2D eigenvalue weighted by Crippen LogP contribution is 2.35. The van der Waals surface area contributed by atoms with Crippen molar-refractivity contribution in [2.45, 2.75) is 16.2 Å². The fourth-order valence-electron chi connectivity index (χ4n) is 3.22. The molecule has 0 unspecified atom stereocenters. The Hall–Kier alpha value is -2.88. The lowest BCUT2D eigenvalue weighted by atomic mass is 10.2. The number of ether oxygens (including phenoxy) is 2. The molecule has 35 heavy (non-hydrogen) atoms. The smallest absolute Gasteiger partial charge is 0.264 e. The molecule has 3 aromatic carbocycles. The van der Waals surface area contributed by atoms with Gasteiger partial charge in [0.1, 0.15) is 18.0 Å². The zero-order valence-electron chi connectivity index (χ0n) is 19.4. The van der Waals surface area contributed by atoms with Gasteiger partial charge in [-0.3, -0.25) is 9.10 Å². The van der Waals surface area contributed by atoms with Gasteiger partial charge in [-0.2, -0.15) is 0 Å². The van der Waals surface area contributed by atoms with Crippen molar-refractivity contribution in [3.8, 4) is 11.5 Å². The SMILES string of the molecule is COc1ccc(OC)c(N(CC(=O)NCCCSc2ccc(Cl)cc2)S(=O)(=O)c2ccccc2)c1. The van der Waals surface area contributed by atoms with Crippen LogP contribution >= 0.6 is 23.4 Å². The lowest BCUT2D eigenvalue weighted by molar-refractivity contribution is -0.119. The van der Waals surface area contributed by atoms with Gasteiger partial charge in [-0.05, 0) is 60.7 Å². The topological polar surface area (TPSA) is 84.9 Å². The van der Waals surface area contributed by atoms with Gasteiger partial charge >= 0.3 is 0 Å². The number of anilines is 1. The van der Waals surface area contributed by atoms with Gasteiger partial charge in [-0.15, -0.1) is 11.8 Å². The molecular weight excluding hydrogens is 508 g/mol. The summed E-state index contributed by atoms with van der Waals surface area (Å²) in [5, 5.41) is 3.50. The third kappa shape index (κ3) is 7.30. The summed E-state index contributed by atoms with van der Waals surface area (Å²) in [5.74, 6) is 1.11. The van der Waals surface area contributed by atoms with Crippen molar-refractivity contribution in [3.05, 3.63) is 77.8 Å². The van der Waals surface area contributed by atoms with Crippen LogP contribution in [0.25, 0.3) is 0 Å². The average Bonchev–Trinajstić information content (AvgIpc) is 2.88. The molecule has 3 aromatic rings. The third-order valence-corrected chi connectivity index (χ3v) is 8.12. The van der Waals surface area contributed by atoms with Gasteiger partial charge in [-0.1, -0.05) is 29.8 Å². The molecule has 3 rings (SSSR count). The number of halogens is 1. The van der Waals surface area contributed by atoms with E-state index in [0.717, 1.165) is 15.0 Å². The molecule has 0 aliphatic carbocycles. The summed E-state index contributed by atoms with van der Waals surface area (Å²) in [6, 6.07) is 20.3. The van der Waals surface area contributed by atoms with Gasteiger partial charge < -0.3 is 14.8 Å². The summed E-state index contributed by atoms with van der Waals surface area (Å²) in [6.45, 7) is -0.00102. The van der Waals surface area contributed by atoms with Gasteiger partial charge in [0.15, 0.2) is 0 Å². The second-order valence-corrected chi connectivity index (χ2v) is 10.8. The van der Waals surface area contributed by atoms with Crippen LogP contribution in [0.3, 0.4) is 0 Å². The first kappa shape index (κ1) is 26.7. The summed E-state index contributed by atoms with van der Waals surface area (Å²) < 4.78 is 38.8. The zero-order valence-corrected chi connectivity index (χ0v) is 21.8. The van der Waals surface area contributed by atoms with Crippen LogP contribution in [-0.4, -0.2) is 47.4 Å². The van der Waals surface area contributed by atoms with Crippen LogP contribution < -0.4 is 19.1 Å². The van der Waals surface area contributed by atoms with Crippen molar-refractivity contribution >= 4 is 45.0 Å². The zero-order chi connectivity index (χ0) is 25.3. The van der Waals surface area contributed by atoms with Crippen molar-refractivity contribution in [2.24, 2.45) is 0 Å². The Labute approximate surface area is 215 Å². The molecular formula is C25H27ClN2O5S2. The number of thioether (sulfide) groups is 1. The molecule has 0 aromatic heterocycles. The number of sulfonamides is 1. The number of nitrogens with one attached hydrogen (secondary N) is 1. The van der Waals surface area contributed by atoms with E-state index < -0.39 is 22.5 Å². The predicted molar refractivity (Wildman–Crippen MR) is 140 cm³/mol. The second-order valence-electron chi connectivity index (χ2n) is 7.37. The molecule has 1 N–H and O–H groups in total. The van der Waals surface area contributed by atoms with Crippen LogP contribution in [0, 0.1) is 0 Å². The quantitative estimate of drug-likeness (QED) is 0.264. The van der Waals surface area contributed by atoms with Gasteiger partial charge in [-0.25, -0.2) is 8.42 Å². The minimum Gasteiger partial charge on any atom is -0.497 e. The van der Waals surface area contributed by atoms with Crippen molar-refractivity contribution in [1.82, 2.24) is 5.32 Å². The fourth-order valence-corrected chi connectivity index (χ4v) is 5.64. The summed E-state index contributed by atoms with van der Waals surface area (Å²) in [4.78, 5) is 14.0. The van der Waals surface area contributed by atoms with E-state index in [1.807, 2.05) is 24.3 Å². The highest BCUT2D eigenvalue weighted by atomic mass is 35.5. The Morgan fingerprint density at radius 2 is 1.71 bits per heavy atom. The normalized spacial score (nSPS) is 11.1. The lowest BCUT2D eigenvalue weighted by Gasteiger charge is -2.26. The maximum atomic E-state index is 13.5. The van der Waals surface area contributed by atoms with E-state index in [1.54, 1.807) is 42.1 Å². The molecule has 0 aliphatic heterocycles. The monoisotopic (exact) mass is 534 g/mol. The maximum absolute atomic E-state index is 13.5. The highest BCUT2D eigenvalue weighted by molar-refractivity contribution is 7.99. The number of amides is 1. The number of carbonyl (C=O) groups excluding carboxylic acids is 1. The molecule has 1 amide bonds. The first-order valence-corrected chi connectivity index (χ1v) is 13.6. The number of benzene rings is 3. The van der Waals surface area contributed by atoms with E-state index in [-0.39, 0.29) is 10.6 Å². The van der Waals surface area contributed by atoms with Crippen LogP contribution in [0.2, 0.25) is 5.02 Å². The molecule has 0 heterocycles. The molecule has 186 valence electrons. The summed E-state index contributed by atoms with van der Waals surface area (Å²) in [5.41, 5.74) is 0.212. The summed E-state index contributed by atoms with van der Waals surface area (Å²) in [6.07, 6.45) is 0.715. The van der Waals surface area contributed by atoms with E-state index in [1.165, 1.54) is 32.4 Å². The fraction of sp³-hybridized carbons (Fsp3) is 0.240. The van der Waals surface area contributed by atoms with Gasteiger partial charge in [0, 0.05) is 22.5 Å². The first-order valence-electron chi connectivity index (χ1n) is 10.8. The number of carbonyl (C=O) groups is 1. The number of hydrogen-bond donors (Lipinski definition) is 1. The molecule has 0 aliphatic rings. The minimum atomic E-state index is -4.06. The van der Waals surface area contributed by atoms with E-state index in [9.17, 15) is 13.2 Å². The van der Waals surface area contributed by atoms with Gasteiger partial charge in [0.2, 0.25) is 5.91 Å². The van der Waals surface area contributed by atoms with Crippen molar-refractivity contribution in [2.75, 3.05) is 37.4 Å². The van der Waals surface area contributed by atoms with E-state index >= 15 is 0 Å². The highest BCUT2D eigenvalue weighted by Gasteiger charge is 2.29. The Bertz CT molecular complexity index is 1220. The molecule has 0 fully saturated rings. The third-order valence-electron chi connectivity index (χ3n) is 5.00. The molecule has 0 atom stereocenters. The Morgan fingerprint density at radius 1 is 1.00 bits per heavy atom. The van der Waals surface area contributed by atoms with Crippen molar-refractivity contribution in [1.29, 1.82) is 0 Å². The summed E-state index contributed by atoms with van der Waals surface area (Å²) in [7, 11) is -1.14. The van der Waals surface area contributed by atoms with Crippen molar-refractivity contribution in [3.63, 3.8) is 0 Å². The maximum Gasteiger partial charge on any atom is 0.264 e. The predicted octanol–water partition coefficient (Wildman–Crippen LogP) is 4.85. The molecule has 0 saturated carbocycles. The molecule has 0 radical (unpaired) electrons. The first-order chi connectivity index (χ1) is 16.8. The van der Waals surface area contributed by atoms with Crippen LogP contribution in [0.15, 0.2) is 82.6 Å². The van der Waals surface area contributed by atoms with Crippen molar-refractivity contribution < 1.29 is 22.7 Å². The van der Waals surface area contributed by atoms with Crippen LogP contribution in [0.1, 0.15) is 6.42 Å².